The molecule has 0 atom stereocenters. The fourth-order valence-corrected chi connectivity index (χ4v) is 1.71. The summed E-state index contributed by atoms with van der Waals surface area (Å²) in [5.41, 5.74) is 1.90. The molecule has 0 bridgehead atoms. The van der Waals surface area contributed by atoms with Crippen molar-refractivity contribution in [3.8, 4) is 0 Å². The smallest absolute Gasteiger partial charge is 0.203 e. The van der Waals surface area contributed by atoms with Gasteiger partial charge in [0.2, 0.25) is 5.95 Å². The summed E-state index contributed by atoms with van der Waals surface area (Å²) in [4.78, 5) is 4.45. The summed E-state index contributed by atoms with van der Waals surface area (Å²) in [6, 6.07) is 2.30. The van der Waals surface area contributed by atoms with Gasteiger partial charge in [0.25, 0.3) is 0 Å². The van der Waals surface area contributed by atoms with E-state index in [-0.39, 0.29) is 0 Å². The predicted molar refractivity (Wildman–Crippen MR) is 66.1 cm³/mol. The van der Waals surface area contributed by atoms with Crippen LogP contribution >= 0.6 is 0 Å². The third-order valence-corrected chi connectivity index (χ3v) is 2.32. The van der Waals surface area contributed by atoms with E-state index in [1.54, 1.807) is 0 Å². The Morgan fingerprint density at radius 3 is 2.76 bits per heavy atom. The number of nitrogens with zero attached hydrogens (tertiary/aromatic N) is 3. The van der Waals surface area contributed by atoms with Crippen LogP contribution in [0, 0.1) is 13.8 Å². The number of rotatable bonds is 4. The fourth-order valence-electron chi connectivity index (χ4n) is 1.71. The Bertz CT molecular complexity index is 498. The van der Waals surface area contributed by atoms with Gasteiger partial charge in [0.15, 0.2) is 0 Å². The molecule has 0 aromatic carbocycles. The van der Waals surface area contributed by atoms with E-state index in [1.165, 1.54) is 0 Å². The number of aryl methyl sites for hydroxylation is 2. The number of nitrogens with one attached hydrogen (secondary N) is 1. The first-order valence-electron chi connectivity index (χ1n) is 5.77. The maximum Gasteiger partial charge on any atom is 0.203 e. The molecule has 0 fully saturated rings. The summed E-state index contributed by atoms with van der Waals surface area (Å²) >= 11 is 0. The van der Waals surface area contributed by atoms with Gasteiger partial charge in [-0.3, -0.25) is 0 Å². The molecule has 0 saturated heterocycles. The van der Waals surface area contributed by atoms with Crippen LogP contribution in [0.3, 0.4) is 0 Å². The Balaban J connectivity index is 2.19. The van der Waals surface area contributed by atoms with Crippen LogP contribution < -0.4 is 5.32 Å². The van der Waals surface area contributed by atoms with Gasteiger partial charge in [-0.2, -0.15) is 0 Å². The van der Waals surface area contributed by atoms with Crippen LogP contribution in [0.5, 0.6) is 0 Å². The van der Waals surface area contributed by atoms with Crippen LogP contribution in [0.15, 0.2) is 16.8 Å². The molecule has 0 spiro atoms. The second-order valence-corrected chi connectivity index (χ2v) is 4.56. The average molecular weight is 234 g/mol. The highest BCUT2D eigenvalue weighted by molar-refractivity contribution is 5.30. The van der Waals surface area contributed by atoms with Crippen LogP contribution in [0.2, 0.25) is 0 Å². The molecule has 17 heavy (non-hydrogen) atoms. The third-order valence-electron chi connectivity index (χ3n) is 2.32. The molecule has 5 heteroatoms. The standard InChI is InChI=1S/C12H18N4O/c1-8(2)13-12-14-9(3)6-16(12)7-11-5-10(4)17-15-11/h5-6,8H,7H2,1-4H3,(H,13,14). The Kier molecular flexibility index (Phi) is 3.17. The molecule has 0 aliphatic carbocycles. The summed E-state index contributed by atoms with van der Waals surface area (Å²) in [6.07, 6.45) is 2.01. The van der Waals surface area contributed by atoms with E-state index in [1.807, 2.05) is 30.7 Å². The highest BCUT2D eigenvalue weighted by atomic mass is 16.5. The monoisotopic (exact) mass is 234 g/mol. The minimum absolute atomic E-state index is 0.356. The van der Waals surface area contributed by atoms with Crippen molar-refractivity contribution in [2.24, 2.45) is 0 Å². The Morgan fingerprint density at radius 1 is 1.41 bits per heavy atom. The van der Waals surface area contributed by atoms with E-state index in [0.717, 1.165) is 23.1 Å². The van der Waals surface area contributed by atoms with Crippen LogP contribution in [0.1, 0.15) is 31.0 Å². The lowest BCUT2D eigenvalue weighted by Crippen LogP contribution is -2.15. The molecule has 0 aliphatic heterocycles. The van der Waals surface area contributed by atoms with Crippen molar-refractivity contribution >= 4 is 5.95 Å². The largest absolute Gasteiger partial charge is 0.361 e. The molecule has 92 valence electrons. The zero-order valence-corrected chi connectivity index (χ0v) is 10.7. The SMILES string of the molecule is Cc1cn(Cc2cc(C)on2)c(NC(C)C)n1. The Labute approximate surface area is 101 Å². The summed E-state index contributed by atoms with van der Waals surface area (Å²) < 4.78 is 7.11. The Hall–Kier alpha value is -1.78. The maximum atomic E-state index is 5.06. The van der Waals surface area contributed by atoms with E-state index in [2.05, 4.69) is 29.3 Å². The molecule has 1 N–H and O–H groups in total. The van der Waals surface area contributed by atoms with Gasteiger partial charge in [-0.05, 0) is 27.7 Å². The lowest BCUT2D eigenvalue weighted by atomic mass is 10.3. The van der Waals surface area contributed by atoms with E-state index >= 15 is 0 Å². The van der Waals surface area contributed by atoms with Crippen molar-refractivity contribution in [1.29, 1.82) is 0 Å². The van der Waals surface area contributed by atoms with Gasteiger partial charge in [0.1, 0.15) is 11.5 Å². The highest BCUT2D eigenvalue weighted by Crippen LogP contribution is 2.13. The number of imidazole rings is 1. The highest BCUT2D eigenvalue weighted by Gasteiger charge is 2.09. The normalized spacial score (nSPS) is 11.1. The molecule has 2 aromatic heterocycles. The van der Waals surface area contributed by atoms with Crippen molar-refractivity contribution in [1.82, 2.24) is 14.7 Å². The summed E-state index contributed by atoms with van der Waals surface area (Å²) in [5.74, 6) is 1.70. The molecule has 2 aromatic rings. The van der Waals surface area contributed by atoms with Crippen molar-refractivity contribution in [2.75, 3.05) is 5.32 Å². The fraction of sp³-hybridized carbons (Fsp3) is 0.500. The molecule has 2 rings (SSSR count). The second kappa shape index (κ2) is 4.61. The molecule has 0 saturated carbocycles. The second-order valence-electron chi connectivity index (χ2n) is 4.56. The average Bonchev–Trinajstić information content (AvgIpc) is 2.74. The van der Waals surface area contributed by atoms with E-state index in [0.29, 0.717) is 12.6 Å². The first kappa shape index (κ1) is 11.7. The van der Waals surface area contributed by atoms with Crippen LogP contribution in [-0.2, 0) is 6.54 Å². The summed E-state index contributed by atoms with van der Waals surface area (Å²) in [7, 11) is 0. The maximum absolute atomic E-state index is 5.06. The zero-order valence-electron chi connectivity index (χ0n) is 10.7. The van der Waals surface area contributed by atoms with Crippen molar-refractivity contribution in [2.45, 2.75) is 40.3 Å². The lowest BCUT2D eigenvalue weighted by molar-refractivity contribution is 0.389. The molecular formula is C12H18N4O. The molecule has 0 aliphatic rings. The van der Waals surface area contributed by atoms with E-state index in [4.69, 9.17) is 4.52 Å². The molecule has 0 amide bonds. The molecule has 0 unspecified atom stereocenters. The molecule has 5 nitrogen and oxygen atoms in total. The zero-order chi connectivity index (χ0) is 12.4. The van der Waals surface area contributed by atoms with Crippen LogP contribution in [-0.4, -0.2) is 20.7 Å². The predicted octanol–water partition coefficient (Wildman–Crippen LogP) is 2.36. The van der Waals surface area contributed by atoms with E-state index in [9.17, 15) is 0 Å². The van der Waals surface area contributed by atoms with Gasteiger partial charge in [0.05, 0.1) is 12.2 Å². The number of aromatic nitrogens is 3. The Morgan fingerprint density at radius 2 is 2.18 bits per heavy atom. The van der Waals surface area contributed by atoms with Crippen molar-refractivity contribution in [3.05, 3.63) is 29.4 Å². The minimum atomic E-state index is 0.356. The molecular weight excluding hydrogens is 216 g/mol. The number of hydrogen-bond donors (Lipinski definition) is 1. The topological polar surface area (TPSA) is 55.9 Å². The lowest BCUT2D eigenvalue weighted by Gasteiger charge is -2.10. The molecule has 0 radical (unpaired) electrons. The minimum Gasteiger partial charge on any atom is -0.361 e. The van der Waals surface area contributed by atoms with Gasteiger partial charge in [-0.1, -0.05) is 5.16 Å². The summed E-state index contributed by atoms with van der Waals surface area (Å²) in [6.45, 7) is 8.73. The van der Waals surface area contributed by atoms with Crippen molar-refractivity contribution in [3.63, 3.8) is 0 Å². The third kappa shape index (κ3) is 2.87. The first-order chi connectivity index (χ1) is 8.04. The molecule has 2 heterocycles. The summed E-state index contributed by atoms with van der Waals surface area (Å²) in [5, 5.41) is 7.30. The first-order valence-corrected chi connectivity index (χ1v) is 5.77. The van der Waals surface area contributed by atoms with Crippen molar-refractivity contribution < 1.29 is 4.52 Å². The van der Waals surface area contributed by atoms with Gasteiger partial charge in [0, 0.05) is 18.3 Å². The van der Waals surface area contributed by atoms with E-state index < -0.39 is 0 Å². The van der Waals surface area contributed by atoms with Gasteiger partial charge in [-0.15, -0.1) is 0 Å². The van der Waals surface area contributed by atoms with Gasteiger partial charge >= 0.3 is 0 Å². The van der Waals surface area contributed by atoms with Crippen LogP contribution in [0.4, 0.5) is 5.95 Å². The van der Waals surface area contributed by atoms with Gasteiger partial charge < -0.3 is 14.4 Å². The number of hydrogen-bond acceptors (Lipinski definition) is 4. The quantitative estimate of drug-likeness (QED) is 0.882. The number of anilines is 1. The van der Waals surface area contributed by atoms with Gasteiger partial charge in [-0.25, -0.2) is 4.98 Å². The van der Waals surface area contributed by atoms with Crippen LogP contribution in [0.25, 0.3) is 0 Å².